The number of allylic oxidation sites excluding steroid dienone is 2. The van der Waals surface area contributed by atoms with Crippen LogP contribution in [0.1, 0.15) is 107 Å². The number of methoxy groups -OCH3 is 1. The van der Waals surface area contributed by atoms with Crippen LogP contribution in [-0.4, -0.2) is 28.8 Å². The normalized spacial score (nSPS) is 17.4. The third-order valence-corrected chi connectivity index (χ3v) is 9.08. The number of nitrogens with zero attached hydrogens (tertiary/aromatic N) is 4. The summed E-state index contributed by atoms with van der Waals surface area (Å²) >= 11 is 0. The minimum absolute atomic E-state index is 0. The maximum atomic E-state index is 13.4. The van der Waals surface area contributed by atoms with E-state index in [-0.39, 0.29) is 55.9 Å². The number of ketones is 1. The minimum Gasteiger partial charge on any atom is -0.657 e. The van der Waals surface area contributed by atoms with Gasteiger partial charge >= 0.3 is 5.97 Å². The quantitative estimate of drug-likeness (QED) is 0.232. The van der Waals surface area contributed by atoms with Crippen LogP contribution in [0, 0.1) is 13.8 Å². The van der Waals surface area contributed by atoms with Crippen molar-refractivity contribution >= 4 is 51.0 Å². The Morgan fingerprint density at radius 2 is 1.79 bits per heavy atom. The third-order valence-electron chi connectivity index (χ3n) is 9.08. The van der Waals surface area contributed by atoms with Gasteiger partial charge in [-0.15, -0.1) is 22.1 Å². The molecule has 2 atom stereocenters. The van der Waals surface area contributed by atoms with E-state index in [0.29, 0.717) is 17.5 Å². The number of carbonyl (C=O) groups is 2. The molecule has 3 aromatic heterocycles. The van der Waals surface area contributed by atoms with Gasteiger partial charge in [-0.3, -0.25) is 14.6 Å². The average Bonchev–Trinajstić information content (AvgIpc) is 3.70. The van der Waals surface area contributed by atoms with Gasteiger partial charge in [0.05, 0.1) is 18.5 Å². The standard InChI is InChI=1S/C34H35N4O3.Zn/c1-8-20-16(3)24-13-26-18(5)22(10-11-31(40)41-7)33(37-26)23-12-30(39)32-19(6)27(38-34(23)32)15-29-21(9-2)17(4)25(36-29)14-28(20)35-24;/h8,13-15,18,22H,1,9-12H2,2-7H3,(H-,35,36,37,38,39);/q-1;/p-1/t18-,22-;/m0./s1. The topological polar surface area (TPSA) is 97.4 Å². The van der Waals surface area contributed by atoms with Gasteiger partial charge in [0.25, 0.3) is 0 Å². The van der Waals surface area contributed by atoms with Crippen LogP contribution in [0.3, 0.4) is 0 Å². The van der Waals surface area contributed by atoms with Crippen molar-refractivity contribution in [2.75, 3.05) is 7.11 Å². The molecule has 212 valence electrons. The van der Waals surface area contributed by atoms with E-state index in [0.717, 1.165) is 79.1 Å². The Labute approximate surface area is 258 Å². The molecule has 42 heavy (non-hydrogen) atoms. The fraction of sp³-hybridized carbons (Fsp3) is 0.353. The fourth-order valence-electron chi connectivity index (χ4n) is 6.64. The van der Waals surface area contributed by atoms with Gasteiger partial charge in [-0.2, -0.15) is 0 Å². The van der Waals surface area contributed by atoms with Crippen molar-refractivity contribution in [3.63, 3.8) is 0 Å². The summed E-state index contributed by atoms with van der Waals surface area (Å²) in [6.45, 7) is 14.4. The number of hydrogen-bond donors (Lipinski definition) is 0. The van der Waals surface area contributed by atoms with Crippen molar-refractivity contribution in [1.82, 2.24) is 19.9 Å². The molecule has 0 unspecified atom stereocenters. The number of rotatable bonds is 5. The molecule has 0 amide bonds. The second kappa shape index (κ2) is 11.2. The molecule has 1 aliphatic carbocycles. The van der Waals surface area contributed by atoms with Gasteiger partial charge in [0, 0.05) is 61.1 Å². The molecule has 0 aromatic carbocycles. The van der Waals surface area contributed by atoms with Crippen LogP contribution in [0.4, 0.5) is 0 Å². The van der Waals surface area contributed by atoms with Gasteiger partial charge in [-0.25, -0.2) is 4.98 Å². The number of esters is 1. The monoisotopic (exact) mass is 610 g/mol. The van der Waals surface area contributed by atoms with E-state index in [1.54, 1.807) is 0 Å². The van der Waals surface area contributed by atoms with Crippen LogP contribution >= 0.6 is 0 Å². The molecular weight excluding hydrogens is 578 g/mol. The zero-order valence-electron chi connectivity index (χ0n) is 25.2. The van der Waals surface area contributed by atoms with Crippen molar-refractivity contribution in [3.8, 4) is 0 Å². The molecule has 7 nitrogen and oxygen atoms in total. The first-order valence-corrected chi connectivity index (χ1v) is 14.3. The van der Waals surface area contributed by atoms with Crippen LogP contribution in [-0.2, 0) is 35.4 Å². The Kier molecular flexibility index (Phi) is 7.97. The van der Waals surface area contributed by atoms with Crippen molar-refractivity contribution in [2.45, 2.75) is 72.1 Å². The summed E-state index contributed by atoms with van der Waals surface area (Å²) in [6.07, 6.45) is 3.78. The second-order valence-corrected chi connectivity index (χ2v) is 11.3. The summed E-state index contributed by atoms with van der Waals surface area (Å²) in [4.78, 5) is 45.8. The van der Waals surface area contributed by atoms with Crippen LogP contribution < -0.4 is 9.97 Å². The number of carbonyl (C=O) groups excluding carboxylic acids is 2. The average molecular weight is 612 g/mol. The predicted molar refractivity (Wildman–Crippen MR) is 162 cm³/mol. The summed E-state index contributed by atoms with van der Waals surface area (Å²) in [5.74, 6) is -0.233. The van der Waals surface area contributed by atoms with Gasteiger partial charge in [-0.05, 0) is 55.9 Å². The fourth-order valence-corrected chi connectivity index (χ4v) is 6.64. The van der Waals surface area contributed by atoms with Crippen LogP contribution in [0.25, 0.3) is 39.3 Å². The Bertz CT molecular complexity index is 1860. The largest absolute Gasteiger partial charge is 0.657 e. The summed E-state index contributed by atoms with van der Waals surface area (Å²) < 4.78 is 4.95. The Morgan fingerprint density at radius 3 is 2.48 bits per heavy atom. The number of aromatic nitrogens is 4. The Hall–Kier alpha value is -3.64. The molecule has 8 bridgehead atoms. The van der Waals surface area contributed by atoms with Crippen LogP contribution in [0.2, 0.25) is 0 Å². The van der Waals surface area contributed by atoms with E-state index in [2.05, 4.69) is 34.3 Å². The molecule has 3 aliphatic rings. The van der Waals surface area contributed by atoms with Crippen molar-refractivity contribution < 1.29 is 33.8 Å². The maximum absolute atomic E-state index is 13.4. The Morgan fingerprint density at radius 1 is 1.07 bits per heavy atom. The zero-order valence-corrected chi connectivity index (χ0v) is 28.2. The smallest absolute Gasteiger partial charge is 0.305 e. The first kappa shape index (κ1) is 29.8. The van der Waals surface area contributed by atoms with E-state index in [9.17, 15) is 9.59 Å². The van der Waals surface area contributed by atoms with Gasteiger partial charge in [0.1, 0.15) is 0 Å². The molecule has 0 spiro atoms. The molecule has 2 aliphatic heterocycles. The van der Waals surface area contributed by atoms with E-state index >= 15 is 0 Å². The van der Waals surface area contributed by atoms with Crippen molar-refractivity contribution in [3.05, 3.63) is 75.4 Å². The van der Waals surface area contributed by atoms with Gasteiger partial charge < -0.3 is 14.7 Å². The van der Waals surface area contributed by atoms with Crippen LogP contribution in [0.5, 0.6) is 0 Å². The number of fused-ring (bicyclic) bond motifs is 8. The summed E-state index contributed by atoms with van der Waals surface area (Å²) in [7, 11) is 1.41. The first-order valence-electron chi connectivity index (χ1n) is 14.3. The van der Waals surface area contributed by atoms with E-state index in [4.69, 9.17) is 24.7 Å². The summed E-state index contributed by atoms with van der Waals surface area (Å²) in [6, 6.07) is 6.09. The summed E-state index contributed by atoms with van der Waals surface area (Å²) in [5.41, 5.74) is 13.3. The van der Waals surface area contributed by atoms with E-state index < -0.39 is 0 Å². The van der Waals surface area contributed by atoms with Crippen LogP contribution in [0.15, 0.2) is 24.8 Å². The Balaban J connectivity index is 0.00000353. The molecule has 3 aromatic rings. The SMILES string of the molecule is C=Cc1c(C)c2cc3nc(c4c5[n-]c(cc6nc(cc1[n-]2)C(C)=C6CC)c(C)c5C(=O)C4)[C@@H](CCC(=O)OC)[C@@H]3C.[Zn]. The van der Waals surface area contributed by atoms with E-state index in [1.807, 2.05) is 31.2 Å². The second-order valence-electron chi connectivity index (χ2n) is 11.3. The van der Waals surface area contributed by atoms with Crippen molar-refractivity contribution in [2.24, 2.45) is 0 Å². The molecule has 8 heteroatoms. The zero-order chi connectivity index (χ0) is 29.2. The number of ether oxygens (including phenoxy) is 1. The maximum Gasteiger partial charge on any atom is 0.305 e. The van der Waals surface area contributed by atoms with Crippen molar-refractivity contribution in [1.29, 1.82) is 0 Å². The minimum atomic E-state index is -0.257. The summed E-state index contributed by atoms with van der Waals surface area (Å²) in [5, 5.41) is 0. The molecule has 0 fully saturated rings. The first-order chi connectivity index (χ1) is 19.7. The molecule has 6 rings (SSSR count). The molecule has 0 saturated carbocycles. The van der Waals surface area contributed by atoms with E-state index in [1.165, 1.54) is 7.11 Å². The predicted octanol–water partition coefficient (Wildman–Crippen LogP) is 6.75. The number of aryl methyl sites for hydroxylation is 2. The molecule has 0 N–H and O–H groups in total. The van der Waals surface area contributed by atoms with Gasteiger partial charge in [0.2, 0.25) is 0 Å². The third kappa shape index (κ3) is 4.61. The van der Waals surface area contributed by atoms with Gasteiger partial charge in [0.15, 0.2) is 5.78 Å². The van der Waals surface area contributed by atoms with Gasteiger partial charge in [-0.1, -0.05) is 55.8 Å². The molecular formula is C34H34N4O3Zn-2. The number of Topliss-reactive ketones (excluding diaryl/α,β-unsaturated/α-hetero) is 1. The molecule has 0 saturated heterocycles. The molecule has 5 heterocycles. The number of hydrogen-bond acceptors (Lipinski definition) is 5. The molecule has 0 radical (unpaired) electrons.